The van der Waals surface area contributed by atoms with Gasteiger partial charge in [-0.2, -0.15) is 0 Å². The van der Waals surface area contributed by atoms with E-state index >= 15 is 0 Å². The Morgan fingerprint density at radius 1 is 1.50 bits per heavy atom. The molecule has 1 aromatic heterocycles. The summed E-state index contributed by atoms with van der Waals surface area (Å²) in [7, 11) is 1.55. The second-order valence-electron chi connectivity index (χ2n) is 5.58. The molecule has 1 aliphatic heterocycles. The lowest BCUT2D eigenvalue weighted by atomic mass is 9.87. The second kappa shape index (κ2) is 6.54. The monoisotopic (exact) mass is 298 g/mol. The van der Waals surface area contributed by atoms with Gasteiger partial charge in [0.2, 0.25) is 0 Å². The van der Waals surface area contributed by atoms with E-state index in [9.17, 15) is 9.90 Å². The number of carboxylic acids is 1. The number of methoxy groups -OCH3 is 1. The summed E-state index contributed by atoms with van der Waals surface area (Å²) in [4.78, 5) is 18.2. The summed E-state index contributed by atoms with van der Waals surface area (Å²) in [6.07, 6.45) is 2.30. The summed E-state index contributed by atoms with van der Waals surface area (Å²) in [6, 6.07) is 0. The molecule has 0 aromatic carbocycles. The highest BCUT2D eigenvalue weighted by Gasteiger charge is 2.25. The molecule has 0 saturated carbocycles. The summed E-state index contributed by atoms with van der Waals surface area (Å²) in [5.41, 5.74) is 0.533. The Labute approximate surface area is 123 Å². The Kier molecular flexibility index (Phi) is 4.99. The van der Waals surface area contributed by atoms with Crippen molar-refractivity contribution in [1.29, 1.82) is 0 Å². The van der Waals surface area contributed by atoms with Crippen LogP contribution in [-0.2, 0) is 11.3 Å². The number of nitrogens with zero attached hydrogens (tertiary/aromatic N) is 2. The Morgan fingerprint density at radius 2 is 2.15 bits per heavy atom. The molecule has 0 aliphatic carbocycles. The van der Waals surface area contributed by atoms with E-state index in [4.69, 9.17) is 4.74 Å². The van der Waals surface area contributed by atoms with Crippen molar-refractivity contribution in [1.82, 2.24) is 4.98 Å². The fraction of sp³-hybridized carbons (Fsp3) is 0.714. The molecular formula is C14H22N2O3S. The van der Waals surface area contributed by atoms with Crippen LogP contribution in [0.4, 0.5) is 5.13 Å². The number of aromatic nitrogens is 1. The van der Waals surface area contributed by atoms with Gasteiger partial charge in [0.05, 0.1) is 12.3 Å². The van der Waals surface area contributed by atoms with Crippen LogP contribution < -0.4 is 4.90 Å². The molecule has 5 nitrogen and oxygen atoms in total. The predicted octanol–water partition coefficient (Wildman–Crippen LogP) is 2.86. The molecule has 1 aromatic rings. The minimum absolute atomic E-state index is 0.251. The Hall–Kier alpha value is -1.14. The van der Waals surface area contributed by atoms with E-state index in [0.29, 0.717) is 16.5 Å². The maximum absolute atomic E-state index is 11.2. The van der Waals surface area contributed by atoms with E-state index in [1.54, 1.807) is 7.11 Å². The average molecular weight is 298 g/mol. The van der Waals surface area contributed by atoms with Gasteiger partial charge in [0.1, 0.15) is 4.88 Å². The number of carboxylic acid groups (broad SMARTS) is 1. The third-order valence-electron chi connectivity index (χ3n) is 3.91. The van der Waals surface area contributed by atoms with Crippen LogP contribution in [-0.4, -0.2) is 36.3 Å². The van der Waals surface area contributed by atoms with E-state index in [1.165, 1.54) is 11.3 Å². The van der Waals surface area contributed by atoms with E-state index in [2.05, 4.69) is 23.7 Å². The molecule has 2 rings (SSSR count). The number of aromatic carboxylic acids is 1. The lowest BCUT2D eigenvalue weighted by Crippen LogP contribution is -2.35. The maximum atomic E-state index is 11.2. The Morgan fingerprint density at radius 3 is 2.65 bits per heavy atom. The quantitative estimate of drug-likeness (QED) is 0.905. The number of piperidine rings is 1. The zero-order chi connectivity index (χ0) is 14.7. The molecule has 0 spiro atoms. The molecule has 0 amide bonds. The lowest BCUT2D eigenvalue weighted by molar-refractivity contribution is 0.0697. The second-order valence-corrected chi connectivity index (χ2v) is 6.56. The van der Waals surface area contributed by atoms with Crippen molar-refractivity contribution >= 4 is 22.4 Å². The number of hydrogen-bond acceptors (Lipinski definition) is 5. The number of thiazole rings is 1. The van der Waals surface area contributed by atoms with Crippen molar-refractivity contribution in [2.75, 3.05) is 25.1 Å². The van der Waals surface area contributed by atoms with E-state index in [-0.39, 0.29) is 6.61 Å². The van der Waals surface area contributed by atoms with Crippen LogP contribution >= 0.6 is 11.3 Å². The summed E-state index contributed by atoms with van der Waals surface area (Å²) in [5, 5.41) is 10.0. The molecular weight excluding hydrogens is 276 g/mol. The van der Waals surface area contributed by atoms with Crippen molar-refractivity contribution in [3.05, 3.63) is 10.6 Å². The number of anilines is 1. The van der Waals surface area contributed by atoms with E-state index in [1.807, 2.05) is 0 Å². The molecule has 0 radical (unpaired) electrons. The molecule has 1 fully saturated rings. The molecule has 1 N–H and O–H groups in total. The molecule has 0 atom stereocenters. The average Bonchev–Trinajstić information content (AvgIpc) is 2.83. The molecule has 0 unspecified atom stereocenters. The van der Waals surface area contributed by atoms with Gasteiger partial charge >= 0.3 is 5.97 Å². The van der Waals surface area contributed by atoms with Crippen LogP contribution in [0.3, 0.4) is 0 Å². The van der Waals surface area contributed by atoms with Crippen molar-refractivity contribution in [3.63, 3.8) is 0 Å². The zero-order valence-electron chi connectivity index (χ0n) is 12.3. The minimum atomic E-state index is -0.919. The van der Waals surface area contributed by atoms with Crippen molar-refractivity contribution < 1.29 is 14.6 Å². The van der Waals surface area contributed by atoms with Crippen LogP contribution in [0, 0.1) is 11.8 Å². The topological polar surface area (TPSA) is 62.7 Å². The molecule has 0 bridgehead atoms. The van der Waals surface area contributed by atoms with Gasteiger partial charge in [0, 0.05) is 20.2 Å². The van der Waals surface area contributed by atoms with Gasteiger partial charge in [-0.1, -0.05) is 25.2 Å². The fourth-order valence-electron chi connectivity index (χ4n) is 2.63. The highest BCUT2D eigenvalue weighted by atomic mass is 32.1. The molecule has 112 valence electrons. The highest BCUT2D eigenvalue weighted by Crippen LogP contribution is 2.32. The normalized spacial score (nSPS) is 16.9. The molecule has 20 heavy (non-hydrogen) atoms. The van der Waals surface area contributed by atoms with Gasteiger partial charge in [0.15, 0.2) is 5.13 Å². The van der Waals surface area contributed by atoms with Crippen molar-refractivity contribution in [2.24, 2.45) is 11.8 Å². The van der Waals surface area contributed by atoms with Crippen molar-refractivity contribution in [3.8, 4) is 0 Å². The summed E-state index contributed by atoms with van der Waals surface area (Å²) in [6.45, 7) is 6.70. The van der Waals surface area contributed by atoms with Crippen LogP contribution in [0.5, 0.6) is 0 Å². The number of carbonyl (C=O) groups is 1. The summed E-state index contributed by atoms with van der Waals surface area (Å²) >= 11 is 1.26. The SMILES string of the molecule is COCc1nc(N2CCC(C(C)C)CC2)sc1C(=O)O. The molecule has 2 heterocycles. The predicted molar refractivity (Wildman–Crippen MR) is 79.6 cm³/mol. The van der Waals surface area contributed by atoms with Crippen LogP contribution in [0.25, 0.3) is 0 Å². The maximum Gasteiger partial charge on any atom is 0.347 e. The third kappa shape index (κ3) is 3.30. The highest BCUT2D eigenvalue weighted by molar-refractivity contribution is 7.17. The van der Waals surface area contributed by atoms with Crippen LogP contribution in [0.2, 0.25) is 0 Å². The number of ether oxygens (including phenoxy) is 1. The third-order valence-corrected chi connectivity index (χ3v) is 5.06. The van der Waals surface area contributed by atoms with Crippen LogP contribution in [0.1, 0.15) is 42.1 Å². The van der Waals surface area contributed by atoms with E-state index < -0.39 is 5.97 Å². The molecule has 1 aliphatic rings. The van der Waals surface area contributed by atoms with Crippen molar-refractivity contribution in [2.45, 2.75) is 33.3 Å². The van der Waals surface area contributed by atoms with Gasteiger partial charge in [-0.05, 0) is 24.7 Å². The summed E-state index contributed by atoms with van der Waals surface area (Å²) in [5.74, 6) is 0.563. The first-order valence-electron chi connectivity index (χ1n) is 6.99. The van der Waals surface area contributed by atoms with Gasteiger partial charge in [0.25, 0.3) is 0 Å². The van der Waals surface area contributed by atoms with Crippen LogP contribution in [0.15, 0.2) is 0 Å². The molecule has 1 saturated heterocycles. The van der Waals surface area contributed by atoms with Gasteiger partial charge in [-0.15, -0.1) is 0 Å². The largest absolute Gasteiger partial charge is 0.477 e. The Bertz CT molecular complexity index is 465. The molecule has 6 heteroatoms. The van der Waals surface area contributed by atoms with Gasteiger partial charge < -0.3 is 14.7 Å². The van der Waals surface area contributed by atoms with Gasteiger partial charge in [-0.3, -0.25) is 0 Å². The Balaban J connectivity index is 2.10. The first-order valence-corrected chi connectivity index (χ1v) is 7.81. The first-order chi connectivity index (χ1) is 9.52. The number of rotatable bonds is 5. The smallest absolute Gasteiger partial charge is 0.347 e. The zero-order valence-corrected chi connectivity index (χ0v) is 13.1. The fourth-order valence-corrected chi connectivity index (χ4v) is 3.59. The number of hydrogen-bond donors (Lipinski definition) is 1. The standard InChI is InChI=1S/C14H22N2O3S/c1-9(2)10-4-6-16(7-5-10)14-15-11(8-19-3)12(20-14)13(17)18/h9-10H,4-8H2,1-3H3,(H,17,18). The van der Waals surface area contributed by atoms with Gasteiger partial charge in [-0.25, -0.2) is 9.78 Å². The van der Waals surface area contributed by atoms with E-state index in [0.717, 1.165) is 37.0 Å². The minimum Gasteiger partial charge on any atom is -0.477 e. The summed E-state index contributed by atoms with van der Waals surface area (Å²) < 4.78 is 5.03. The first kappa shape index (κ1) is 15.3. The lowest BCUT2D eigenvalue weighted by Gasteiger charge is -2.33.